The van der Waals surface area contributed by atoms with Gasteiger partial charge in [-0.2, -0.15) is 0 Å². The van der Waals surface area contributed by atoms with Gasteiger partial charge in [0.15, 0.2) is 6.10 Å². The molecular formula is C23H25FN2O3. The van der Waals surface area contributed by atoms with Crippen molar-refractivity contribution in [2.75, 3.05) is 26.2 Å². The molecule has 0 spiro atoms. The molecule has 1 aliphatic heterocycles. The zero-order valence-corrected chi connectivity index (χ0v) is 16.5. The van der Waals surface area contributed by atoms with Crippen molar-refractivity contribution in [1.29, 1.82) is 0 Å². The molecule has 1 unspecified atom stereocenters. The van der Waals surface area contributed by atoms with E-state index in [1.54, 1.807) is 30.0 Å². The van der Waals surface area contributed by atoms with Gasteiger partial charge in [-0.3, -0.25) is 9.69 Å². The lowest BCUT2D eigenvalue weighted by molar-refractivity contribution is -0.156. The number of rotatable bonds is 6. The van der Waals surface area contributed by atoms with Crippen LogP contribution in [-0.4, -0.2) is 54.0 Å². The molecule has 0 saturated carbocycles. The quantitative estimate of drug-likeness (QED) is 0.556. The molecule has 152 valence electrons. The monoisotopic (exact) mass is 396 g/mol. The van der Waals surface area contributed by atoms with Gasteiger partial charge < -0.3 is 9.64 Å². The molecule has 1 amide bonds. The fourth-order valence-corrected chi connectivity index (χ4v) is 3.26. The Hall–Kier alpha value is -2.99. The Morgan fingerprint density at radius 3 is 2.38 bits per heavy atom. The van der Waals surface area contributed by atoms with Crippen LogP contribution in [0.4, 0.5) is 4.39 Å². The minimum Gasteiger partial charge on any atom is -0.449 e. The van der Waals surface area contributed by atoms with Crippen molar-refractivity contribution in [2.24, 2.45) is 0 Å². The first kappa shape index (κ1) is 20.7. The summed E-state index contributed by atoms with van der Waals surface area (Å²) in [7, 11) is 0. The van der Waals surface area contributed by atoms with E-state index in [4.69, 9.17) is 4.74 Å². The summed E-state index contributed by atoms with van der Waals surface area (Å²) in [5.74, 6) is -1.30. The molecule has 0 aliphatic carbocycles. The number of carbonyl (C=O) groups is 2. The number of halogens is 1. The van der Waals surface area contributed by atoms with E-state index in [-0.39, 0.29) is 11.5 Å². The molecule has 0 N–H and O–H groups in total. The third-order valence-electron chi connectivity index (χ3n) is 4.88. The number of nitrogens with zero attached hydrogens (tertiary/aromatic N) is 2. The lowest BCUT2D eigenvalue weighted by Gasteiger charge is -2.35. The maximum absolute atomic E-state index is 13.6. The zero-order chi connectivity index (χ0) is 20.6. The molecular weight excluding hydrogens is 371 g/mol. The molecule has 6 heteroatoms. The van der Waals surface area contributed by atoms with Crippen molar-refractivity contribution in [3.63, 3.8) is 0 Å². The fraction of sp³-hybridized carbons (Fsp3) is 0.304. The highest BCUT2D eigenvalue weighted by molar-refractivity contribution is 5.90. The second kappa shape index (κ2) is 9.98. The van der Waals surface area contributed by atoms with Gasteiger partial charge in [0.1, 0.15) is 5.82 Å². The first-order valence-electron chi connectivity index (χ1n) is 9.71. The van der Waals surface area contributed by atoms with E-state index in [9.17, 15) is 14.0 Å². The van der Waals surface area contributed by atoms with Crippen molar-refractivity contribution in [1.82, 2.24) is 9.80 Å². The molecule has 1 aliphatic rings. The van der Waals surface area contributed by atoms with Crippen LogP contribution in [-0.2, 0) is 20.9 Å². The van der Waals surface area contributed by atoms with E-state index in [2.05, 4.69) is 17.0 Å². The van der Waals surface area contributed by atoms with Gasteiger partial charge in [0, 0.05) is 44.4 Å². The average molecular weight is 396 g/mol. The van der Waals surface area contributed by atoms with Crippen LogP contribution >= 0.6 is 0 Å². The average Bonchev–Trinajstić information content (AvgIpc) is 2.74. The van der Waals surface area contributed by atoms with Gasteiger partial charge in [-0.25, -0.2) is 9.18 Å². The first-order chi connectivity index (χ1) is 14.0. The Bertz CT molecular complexity index is 861. The second-order valence-electron chi connectivity index (χ2n) is 7.02. The maximum atomic E-state index is 13.6. The Kier molecular flexibility index (Phi) is 7.14. The van der Waals surface area contributed by atoms with Gasteiger partial charge >= 0.3 is 5.97 Å². The lowest BCUT2D eigenvalue weighted by atomic mass is 10.2. The molecule has 1 saturated heterocycles. The molecule has 0 bridgehead atoms. The van der Waals surface area contributed by atoms with Crippen molar-refractivity contribution in [3.05, 3.63) is 77.6 Å². The van der Waals surface area contributed by atoms with Crippen molar-refractivity contribution in [3.8, 4) is 0 Å². The highest BCUT2D eigenvalue weighted by Gasteiger charge is 2.26. The van der Waals surface area contributed by atoms with Gasteiger partial charge in [0.05, 0.1) is 0 Å². The number of amides is 1. The Labute approximate surface area is 170 Å². The van der Waals surface area contributed by atoms with E-state index < -0.39 is 17.9 Å². The van der Waals surface area contributed by atoms with Gasteiger partial charge in [0.2, 0.25) is 0 Å². The van der Waals surface area contributed by atoms with Crippen LogP contribution in [0, 0.1) is 5.82 Å². The van der Waals surface area contributed by atoms with Crippen molar-refractivity contribution in [2.45, 2.75) is 19.6 Å². The summed E-state index contributed by atoms with van der Waals surface area (Å²) in [6.45, 7) is 5.15. The lowest BCUT2D eigenvalue weighted by Crippen LogP contribution is -2.51. The van der Waals surface area contributed by atoms with Crippen LogP contribution in [0.25, 0.3) is 6.08 Å². The molecule has 0 aromatic heterocycles. The number of carbonyl (C=O) groups excluding carboxylic acids is 2. The summed E-state index contributed by atoms with van der Waals surface area (Å²) in [5.41, 5.74) is 1.54. The van der Waals surface area contributed by atoms with E-state index >= 15 is 0 Å². The molecule has 1 atom stereocenters. The molecule has 5 nitrogen and oxygen atoms in total. The highest BCUT2D eigenvalue weighted by atomic mass is 19.1. The third-order valence-corrected chi connectivity index (χ3v) is 4.88. The number of piperazine rings is 1. The summed E-state index contributed by atoms with van der Waals surface area (Å²) in [6, 6.07) is 16.3. The van der Waals surface area contributed by atoms with Gasteiger partial charge in [-0.15, -0.1) is 0 Å². The maximum Gasteiger partial charge on any atom is 0.331 e. The normalized spacial score (nSPS) is 16.0. The summed E-state index contributed by atoms with van der Waals surface area (Å²) in [5, 5.41) is 0. The number of esters is 1. The molecule has 1 fully saturated rings. The molecule has 3 rings (SSSR count). The van der Waals surface area contributed by atoms with Crippen LogP contribution in [0.2, 0.25) is 0 Å². The summed E-state index contributed by atoms with van der Waals surface area (Å²) in [4.78, 5) is 28.6. The van der Waals surface area contributed by atoms with E-state index in [0.29, 0.717) is 13.1 Å². The number of hydrogen-bond acceptors (Lipinski definition) is 4. The fourth-order valence-electron chi connectivity index (χ4n) is 3.26. The Balaban J connectivity index is 1.45. The molecule has 2 aromatic rings. The predicted molar refractivity (Wildman–Crippen MR) is 109 cm³/mol. The van der Waals surface area contributed by atoms with Crippen LogP contribution in [0.15, 0.2) is 60.7 Å². The summed E-state index contributed by atoms with van der Waals surface area (Å²) < 4.78 is 18.8. The Morgan fingerprint density at radius 2 is 1.69 bits per heavy atom. The molecule has 2 aromatic carbocycles. The number of benzene rings is 2. The van der Waals surface area contributed by atoms with Crippen LogP contribution in [0.3, 0.4) is 0 Å². The highest BCUT2D eigenvalue weighted by Crippen LogP contribution is 2.11. The SMILES string of the molecule is CC(OC(=O)/C=C/c1ccccc1F)C(=O)N1CCN(Cc2ccccc2)CC1. The minimum atomic E-state index is -0.881. The van der Waals surface area contributed by atoms with E-state index in [1.165, 1.54) is 17.7 Å². The minimum absolute atomic E-state index is 0.211. The molecule has 1 heterocycles. The van der Waals surface area contributed by atoms with Crippen LogP contribution in [0.1, 0.15) is 18.1 Å². The third kappa shape index (κ3) is 5.99. The van der Waals surface area contributed by atoms with Gasteiger partial charge in [-0.05, 0) is 24.6 Å². The van der Waals surface area contributed by atoms with E-state index in [1.807, 2.05) is 18.2 Å². The molecule has 29 heavy (non-hydrogen) atoms. The predicted octanol–water partition coefficient (Wildman–Crippen LogP) is 3.12. The van der Waals surface area contributed by atoms with Crippen molar-refractivity contribution >= 4 is 18.0 Å². The van der Waals surface area contributed by atoms with Crippen molar-refractivity contribution < 1.29 is 18.7 Å². The van der Waals surface area contributed by atoms with Gasteiger partial charge in [0.25, 0.3) is 5.91 Å². The zero-order valence-electron chi connectivity index (χ0n) is 16.5. The topological polar surface area (TPSA) is 49.9 Å². The van der Waals surface area contributed by atoms with E-state index in [0.717, 1.165) is 25.7 Å². The van der Waals surface area contributed by atoms with Crippen LogP contribution in [0.5, 0.6) is 0 Å². The van der Waals surface area contributed by atoms with Crippen LogP contribution < -0.4 is 0 Å². The molecule has 0 radical (unpaired) electrons. The second-order valence-corrected chi connectivity index (χ2v) is 7.02. The van der Waals surface area contributed by atoms with Gasteiger partial charge in [-0.1, -0.05) is 48.5 Å². The Morgan fingerprint density at radius 1 is 1.03 bits per heavy atom. The largest absolute Gasteiger partial charge is 0.449 e. The number of ether oxygens (including phenoxy) is 1. The smallest absolute Gasteiger partial charge is 0.331 e. The summed E-state index contributed by atoms with van der Waals surface area (Å²) >= 11 is 0. The standard InChI is InChI=1S/C23H25FN2O3/c1-18(29-22(27)12-11-20-9-5-6-10-21(20)24)23(28)26-15-13-25(14-16-26)17-19-7-3-2-4-8-19/h2-12,18H,13-17H2,1H3/b12-11+. The number of hydrogen-bond donors (Lipinski definition) is 0. The summed E-state index contributed by atoms with van der Waals surface area (Å²) in [6.07, 6.45) is 1.60. The first-order valence-corrected chi connectivity index (χ1v) is 9.71.